The molecule has 0 saturated heterocycles. The molecule has 0 bridgehead atoms. The van der Waals surface area contributed by atoms with Crippen LogP contribution in [0.4, 0.5) is 0 Å². The second-order valence-corrected chi connectivity index (χ2v) is 14.9. The topological polar surface area (TPSA) is 68.3 Å². The number of benzene rings is 4. The zero-order chi connectivity index (χ0) is 33.7. The van der Waals surface area contributed by atoms with Gasteiger partial charge in [0.15, 0.2) is 0 Å². The van der Waals surface area contributed by atoms with Crippen molar-refractivity contribution in [2.24, 2.45) is 0 Å². The minimum atomic E-state index is -1.14. The monoisotopic (exact) mass is 1060 g/mol. The van der Waals surface area contributed by atoms with Crippen LogP contribution in [0.15, 0.2) is 121 Å². The Kier molecular flexibility index (Phi) is 16.0. The predicted octanol–water partition coefficient (Wildman–Crippen LogP) is 10.9. The number of carbonyl (C=O) groups is 4. The van der Waals surface area contributed by atoms with Crippen molar-refractivity contribution >= 4 is 106 Å². The standard InChI is InChI=1S/2C19H18I2O2/c1-2-14(15-9-5-3-6-10-15)13-19(17(20)22,18(21)23)16-11-7-4-8-12-16;1-2-9-16(14-10-5-3-6-11-14)19(17(20)22,18(21)23)15-12-7-4-8-13-15/h3-12,14H,2,13H2,1H3;3-8,10-13,16H,2,9H2,1H3. The van der Waals surface area contributed by atoms with Gasteiger partial charge >= 0.3 is 0 Å². The molecule has 46 heavy (non-hydrogen) atoms. The van der Waals surface area contributed by atoms with Gasteiger partial charge in [0.25, 0.3) is 0 Å². The van der Waals surface area contributed by atoms with Gasteiger partial charge in [-0.3, -0.25) is 19.2 Å². The van der Waals surface area contributed by atoms with Crippen LogP contribution in [-0.4, -0.2) is 15.2 Å². The summed E-state index contributed by atoms with van der Waals surface area (Å²) in [6, 6.07) is 38.9. The molecule has 0 fully saturated rings. The number of hydrogen-bond donors (Lipinski definition) is 0. The molecule has 4 aromatic carbocycles. The number of rotatable bonds is 14. The average molecular weight is 1060 g/mol. The van der Waals surface area contributed by atoms with Crippen molar-refractivity contribution < 1.29 is 19.2 Å². The van der Waals surface area contributed by atoms with Crippen molar-refractivity contribution in [2.75, 3.05) is 0 Å². The van der Waals surface area contributed by atoms with Crippen LogP contribution in [0.1, 0.15) is 73.6 Å². The number of hydrogen-bond acceptors (Lipinski definition) is 4. The van der Waals surface area contributed by atoms with Gasteiger partial charge in [-0.05, 0) is 47.4 Å². The molecule has 0 radical (unpaired) electrons. The first-order valence-corrected chi connectivity index (χ1v) is 19.4. The van der Waals surface area contributed by atoms with E-state index in [-0.39, 0.29) is 27.0 Å². The van der Waals surface area contributed by atoms with Gasteiger partial charge in [0.2, 0.25) is 15.2 Å². The smallest absolute Gasteiger partial charge is 0.211 e. The number of carbonyl (C=O) groups excluding carboxylic acids is 4. The van der Waals surface area contributed by atoms with Gasteiger partial charge in [-0.1, -0.05) is 142 Å². The lowest BCUT2D eigenvalue weighted by Gasteiger charge is -2.36. The fraction of sp³-hybridized carbons (Fsp3) is 0.263. The Labute approximate surface area is 326 Å². The van der Waals surface area contributed by atoms with Gasteiger partial charge in [-0.15, -0.1) is 0 Å². The van der Waals surface area contributed by atoms with E-state index < -0.39 is 10.8 Å². The summed E-state index contributed by atoms with van der Waals surface area (Å²) in [6.45, 7) is 4.18. The van der Waals surface area contributed by atoms with Crippen LogP contribution in [0.3, 0.4) is 0 Å². The SMILES string of the molecule is CCC(CC(C(=O)I)(C(=O)I)c1ccccc1)c1ccccc1.CCCC(c1ccccc1)C(C(=O)I)(C(=O)I)c1ccccc1. The van der Waals surface area contributed by atoms with Crippen molar-refractivity contribution in [3.63, 3.8) is 0 Å². The van der Waals surface area contributed by atoms with Gasteiger partial charge in [0.05, 0.1) is 0 Å². The Balaban J connectivity index is 0.000000250. The first kappa shape index (κ1) is 38.9. The Morgan fingerprint density at radius 1 is 0.543 bits per heavy atom. The van der Waals surface area contributed by atoms with E-state index in [9.17, 15) is 19.2 Å². The Hall–Kier alpha value is -1.52. The van der Waals surface area contributed by atoms with E-state index in [0.29, 0.717) is 6.42 Å². The van der Waals surface area contributed by atoms with Crippen molar-refractivity contribution in [3.05, 3.63) is 144 Å². The number of halogens is 4. The van der Waals surface area contributed by atoms with E-state index in [1.165, 1.54) is 5.56 Å². The third-order valence-corrected chi connectivity index (χ3v) is 11.9. The van der Waals surface area contributed by atoms with Gasteiger partial charge in [-0.2, -0.15) is 0 Å². The molecular weight excluding hydrogens is 1030 g/mol. The van der Waals surface area contributed by atoms with E-state index in [1.54, 1.807) is 90.4 Å². The molecule has 0 saturated carbocycles. The molecule has 2 unspecified atom stereocenters. The minimum absolute atomic E-state index is 0.116. The lowest BCUT2D eigenvalue weighted by Crippen LogP contribution is -2.44. The van der Waals surface area contributed by atoms with Gasteiger partial charge in [0, 0.05) is 96.3 Å². The molecule has 0 amide bonds. The molecule has 4 rings (SSSR count). The normalized spacial score (nSPS) is 12.7. The van der Waals surface area contributed by atoms with E-state index >= 15 is 0 Å². The summed E-state index contributed by atoms with van der Waals surface area (Å²) in [5, 5.41) is 0. The molecule has 0 aromatic heterocycles. The van der Waals surface area contributed by atoms with E-state index in [1.807, 2.05) is 109 Å². The average Bonchev–Trinajstić information content (AvgIpc) is 3.06. The highest BCUT2D eigenvalue weighted by Crippen LogP contribution is 2.47. The Morgan fingerprint density at radius 2 is 0.935 bits per heavy atom. The third kappa shape index (κ3) is 8.93. The van der Waals surface area contributed by atoms with Crippen LogP contribution >= 0.6 is 90.4 Å². The molecular formula is C38H36I4O4. The quantitative estimate of drug-likeness (QED) is 0.0717. The molecule has 2 atom stereocenters. The summed E-state index contributed by atoms with van der Waals surface area (Å²) in [5.74, 6) is -0.00117. The van der Waals surface area contributed by atoms with Crippen molar-refractivity contribution in [3.8, 4) is 0 Å². The summed E-state index contributed by atoms with van der Waals surface area (Å²) in [4.78, 5) is 50.6. The second kappa shape index (κ2) is 18.9. The van der Waals surface area contributed by atoms with Crippen LogP contribution in [0.5, 0.6) is 0 Å². The molecule has 0 aliphatic carbocycles. The summed E-state index contributed by atoms with van der Waals surface area (Å²) >= 11 is 7.15. The maximum absolute atomic E-state index is 12.8. The molecule has 8 heteroatoms. The first-order chi connectivity index (χ1) is 22.1. The molecule has 0 spiro atoms. The van der Waals surface area contributed by atoms with E-state index in [0.717, 1.165) is 36.0 Å². The Bertz CT molecular complexity index is 1550. The van der Waals surface area contributed by atoms with Crippen LogP contribution in [0.25, 0.3) is 0 Å². The fourth-order valence-electron chi connectivity index (χ4n) is 5.99. The highest BCUT2D eigenvalue weighted by atomic mass is 127. The van der Waals surface area contributed by atoms with Crippen LogP contribution in [-0.2, 0) is 30.0 Å². The van der Waals surface area contributed by atoms with Crippen LogP contribution < -0.4 is 0 Å². The predicted molar refractivity (Wildman–Crippen MR) is 221 cm³/mol. The summed E-state index contributed by atoms with van der Waals surface area (Å²) < 4.78 is -0.476. The molecule has 0 aliphatic heterocycles. The highest BCUT2D eigenvalue weighted by molar-refractivity contribution is 14.1. The third-order valence-electron chi connectivity index (χ3n) is 8.41. The van der Waals surface area contributed by atoms with Gasteiger partial charge in [-0.25, -0.2) is 0 Å². The molecule has 0 aliphatic rings. The molecule has 4 nitrogen and oxygen atoms in total. The second-order valence-electron chi connectivity index (χ2n) is 11.0. The van der Waals surface area contributed by atoms with Gasteiger partial charge in [0.1, 0.15) is 10.8 Å². The van der Waals surface area contributed by atoms with E-state index in [2.05, 4.69) is 26.0 Å². The lowest BCUT2D eigenvalue weighted by molar-refractivity contribution is -0.125. The minimum Gasteiger partial charge on any atom is -0.286 e. The van der Waals surface area contributed by atoms with Crippen LogP contribution in [0, 0.1) is 0 Å². The van der Waals surface area contributed by atoms with Crippen molar-refractivity contribution in [1.29, 1.82) is 0 Å². The maximum Gasteiger partial charge on any atom is 0.211 e. The Morgan fingerprint density at radius 3 is 1.30 bits per heavy atom. The largest absolute Gasteiger partial charge is 0.286 e. The lowest BCUT2D eigenvalue weighted by atomic mass is 9.67. The first-order valence-electron chi connectivity index (χ1n) is 15.1. The molecule has 4 aromatic rings. The molecule has 0 heterocycles. The molecule has 240 valence electrons. The van der Waals surface area contributed by atoms with Crippen LogP contribution in [0.2, 0.25) is 0 Å². The summed E-state index contributed by atoms with van der Waals surface area (Å²) in [5.41, 5.74) is 1.55. The van der Waals surface area contributed by atoms with Gasteiger partial charge < -0.3 is 0 Å². The highest BCUT2D eigenvalue weighted by Gasteiger charge is 2.51. The summed E-state index contributed by atoms with van der Waals surface area (Å²) in [7, 11) is 0. The van der Waals surface area contributed by atoms with Crippen molar-refractivity contribution in [1.82, 2.24) is 0 Å². The zero-order valence-corrected chi connectivity index (χ0v) is 34.3. The zero-order valence-electron chi connectivity index (χ0n) is 25.7. The van der Waals surface area contributed by atoms with Crippen molar-refractivity contribution in [2.45, 2.75) is 62.2 Å². The fourth-order valence-corrected chi connectivity index (χ4v) is 10.4. The van der Waals surface area contributed by atoms with E-state index in [4.69, 9.17) is 0 Å². The maximum atomic E-state index is 12.8. The summed E-state index contributed by atoms with van der Waals surface area (Å²) in [6.07, 6.45) is 3.07. The molecule has 0 N–H and O–H groups in total.